The minimum Gasteiger partial charge on any atom is -0.399 e. The third-order valence-electron chi connectivity index (χ3n) is 2.61. The van der Waals surface area contributed by atoms with Gasteiger partial charge in [-0.15, -0.1) is 0 Å². The average Bonchev–Trinajstić information content (AvgIpc) is 2.89. The number of hydrogen-bond acceptors (Lipinski definition) is 5. The van der Waals surface area contributed by atoms with E-state index in [4.69, 9.17) is 21.9 Å². The molecule has 2 N–H and O–H groups in total. The lowest BCUT2D eigenvalue weighted by Crippen LogP contribution is -1.88. The van der Waals surface area contributed by atoms with E-state index in [-0.39, 0.29) is 11.7 Å². The number of aromatic nitrogens is 3. The summed E-state index contributed by atoms with van der Waals surface area (Å²) in [4.78, 5) is 8.06. The molecule has 2 aromatic heterocycles. The SMILES string of the molecule is Nc1ccc(-c2nc(-c3ccc(F)cn3)no2)c(Cl)c1. The van der Waals surface area contributed by atoms with Crippen LogP contribution in [-0.4, -0.2) is 15.1 Å². The summed E-state index contributed by atoms with van der Waals surface area (Å²) in [7, 11) is 0. The Hall–Kier alpha value is -2.47. The lowest BCUT2D eigenvalue weighted by molar-refractivity contribution is 0.432. The summed E-state index contributed by atoms with van der Waals surface area (Å²) in [5.41, 5.74) is 7.14. The number of halogens is 2. The monoisotopic (exact) mass is 290 g/mol. The normalized spacial score (nSPS) is 10.7. The average molecular weight is 291 g/mol. The van der Waals surface area contributed by atoms with Gasteiger partial charge in [-0.05, 0) is 30.3 Å². The number of hydrogen-bond donors (Lipinski definition) is 1. The third kappa shape index (κ3) is 2.33. The van der Waals surface area contributed by atoms with E-state index >= 15 is 0 Å². The van der Waals surface area contributed by atoms with Crippen molar-refractivity contribution in [2.45, 2.75) is 0 Å². The molecular weight excluding hydrogens is 283 g/mol. The molecule has 0 spiro atoms. The van der Waals surface area contributed by atoms with Crippen molar-refractivity contribution < 1.29 is 8.91 Å². The number of pyridine rings is 1. The van der Waals surface area contributed by atoms with E-state index < -0.39 is 5.82 Å². The summed E-state index contributed by atoms with van der Waals surface area (Å²) in [5.74, 6) is 0.0723. The Morgan fingerprint density at radius 1 is 1.20 bits per heavy atom. The summed E-state index contributed by atoms with van der Waals surface area (Å²) < 4.78 is 17.9. The molecule has 0 amide bonds. The summed E-state index contributed by atoms with van der Waals surface area (Å²) in [6.45, 7) is 0. The molecule has 5 nitrogen and oxygen atoms in total. The van der Waals surface area contributed by atoms with Crippen molar-refractivity contribution in [2.24, 2.45) is 0 Å². The predicted octanol–water partition coefficient (Wildman–Crippen LogP) is 3.17. The highest BCUT2D eigenvalue weighted by Gasteiger charge is 2.14. The first-order valence-corrected chi connectivity index (χ1v) is 6.02. The topological polar surface area (TPSA) is 77.8 Å². The quantitative estimate of drug-likeness (QED) is 0.733. The van der Waals surface area contributed by atoms with Crippen LogP contribution in [0.4, 0.5) is 10.1 Å². The van der Waals surface area contributed by atoms with E-state index in [0.29, 0.717) is 22.0 Å². The second-order valence-corrected chi connectivity index (χ2v) is 4.43. The van der Waals surface area contributed by atoms with E-state index in [1.165, 1.54) is 12.1 Å². The maximum Gasteiger partial charge on any atom is 0.259 e. The fourth-order valence-electron chi connectivity index (χ4n) is 1.65. The van der Waals surface area contributed by atoms with Crippen molar-refractivity contribution in [2.75, 3.05) is 5.73 Å². The number of rotatable bonds is 2. The standard InChI is InChI=1S/C13H8ClFN4O/c14-10-5-8(16)2-3-9(10)13-18-12(19-20-13)11-4-1-7(15)6-17-11/h1-6H,16H2. The van der Waals surface area contributed by atoms with Gasteiger partial charge in [-0.3, -0.25) is 0 Å². The third-order valence-corrected chi connectivity index (χ3v) is 2.92. The molecule has 0 aliphatic rings. The molecule has 2 heterocycles. The first-order valence-electron chi connectivity index (χ1n) is 5.64. The van der Waals surface area contributed by atoms with Crippen molar-refractivity contribution in [1.82, 2.24) is 15.1 Å². The van der Waals surface area contributed by atoms with Crippen LogP contribution in [0.3, 0.4) is 0 Å². The van der Waals surface area contributed by atoms with Gasteiger partial charge in [0.15, 0.2) is 0 Å². The van der Waals surface area contributed by atoms with E-state index in [1.54, 1.807) is 18.2 Å². The number of nitrogens with zero attached hydrogens (tertiary/aromatic N) is 3. The number of anilines is 1. The zero-order valence-electron chi connectivity index (χ0n) is 10.0. The van der Waals surface area contributed by atoms with Crippen LogP contribution in [-0.2, 0) is 0 Å². The van der Waals surface area contributed by atoms with Gasteiger partial charge in [0.1, 0.15) is 11.5 Å². The molecule has 1 aromatic carbocycles. The Kier molecular flexibility index (Phi) is 3.08. The highest BCUT2D eigenvalue weighted by molar-refractivity contribution is 6.33. The fraction of sp³-hybridized carbons (Fsp3) is 0. The summed E-state index contributed by atoms with van der Waals surface area (Å²) in [6, 6.07) is 7.70. The fourth-order valence-corrected chi connectivity index (χ4v) is 1.92. The molecule has 20 heavy (non-hydrogen) atoms. The zero-order valence-corrected chi connectivity index (χ0v) is 10.8. The molecular formula is C13H8ClFN4O. The molecule has 3 rings (SSSR count). The van der Waals surface area contributed by atoms with Crippen LogP contribution in [0.1, 0.15) is 0 Å². The largest absolute Gasteiger partial charge is 0.399 e. The van der Waals surface area contributed by atoms with E-state index in [1.807, 2.05) is 0 Å². The van der Waals surface area contributed by atoms with Gasteiger partial charge in [-0.1, -0.05) is 16.8 Å². The van der Waals surface area contributed by atoms with Crippen molar-refractivity contribution in [3.05, 3.63) is 47.4 Å². The van der Waals surface area contributed by atoms with Crippen LogP contribution in [0.25, 0.3) is 23.0 Å². The summed E-state index contributed by atoms with van der Waals surface area (Å²) in [5, 5.41) is 4.20. The maximum absolute atomic E-state index is 12.8. The molecule has 7 heteroatoms. The Labute approximate surface area is 118 Å². The van der Waals surface area contributed by atoms with Crippen LogP contribution < -0.4 is 5.73 Å². The molecule has 0 unspecified atom stereocenters. The Bertz CT molecular complexity index is 757. The van der Waals surface area contributed by atoms with Gasteiger partial charge >= 0.3 is 0 Å². The van der Waals surface area contributed by atoms with Crippen LogP contribution in [0.5, 0.6) is 0 Å². The molecule has 100 valence electrons. The minimum atomic E-state index is -0.431. The van der Waals surface area contributed by atoms with Crippen LogP contribution in [0.2, 0.25) is 5.02 Å². The second-order valence-electron chi connectivity index (χ2n) is 4.02. The van der Waals surface area contributed by atoms with Gasteiger partial charge in [-0.25, -0.2) is 9.37 Å². The van der Waals surface area contributed by atoms with Crippen LogP contribution in [0.15, 0.2) is 41.1 Å². The highest BCUT2D eigenvalue weighted by atomic mass is 35.5. The van der Waals surface area contributed by atoms with E-state index in [2.05, 4.69) is 15.1 Å². The van der Waals surface area contributed by atoms with Crippen molar-refractivity contribution in [3.63, 3.8) is 0 Å². The van der Waals surface area contributed by atoms with Crippen LogP contribution >= 0.6 is 11.6 Å². The van der Waals surface area contributed by atoms with Gasteiger partial charge in [0, 0.05) is 5.69 Å². The van der Waals surface area contributed by atoms with Gasteiger partial charge in [0.05, 0.1) is 16.8 Å². The second kappa shape index (κ2) is 4.90. The molecule has 0 fully saturated rings. The predicted molar refractivity (Wildman–Crippen MR) is 72.3 cm³/mol. The zero-order chi connectivity index (χ0) is 14.1. The lowest BCUT2D eigenvalue weighted by atomic mass is 10.2. The van der Waals surface area contributed by atoms with Crippen molar-refractivity contribution >= 4 is 17.3 Å². The van der Waals surface area contributed by atoms with Gasteiger partial charge in [-0.2, -0.15) is 4.98 Å². The summed E-state index contributed by atoms with van der Waals surface area (Å²) in [6.07, 6.45) is 1.08. The van der Waals surface area contributed by atoms with E-state index in [0.717, 1.165) is 6.20 Å². The molecule has 0 saturated heterocycles. The Morgan fingerprint density at radius 2 is 2.05 bits per heavy atom. The lowest BCUT2D eigenvalue weighted by Gasteiger charge is -1.99. The first-order chi connectivity index (χ1) is 9.63. The first kappa shape index (κ1) is 12.6. The van der Waals surface area contributed by atoms with Gasteiger partial charge in [0.2, 0.25) is 5.82 Å². The van der Waals surface area contributed by atoms with E-state index in [9.17, 15) is 4.39 Å². The van der Waals surface area contributed by atoms with Gasteiger partial charge < -0.3 is 10.3 Å². The molecule has 0 aliphatic carbocycles. The Morgan fingerprint density at radius 3 is 2.75 bits per heavy atom. The van der Waals surface area contributed by atoms with Crippen molar-refractivity contribution in [3.8, 4) is 23.0 Å². The Balaban J connectivity index is 1.99. The molecule has 0 saturated carbocycles. The molecule has 0 atom stereocenters. The number of nitrogen functional groups attached to an aromatic ring is 1. The molecule has 3 aromatic rings. The minimum absolute atomic E-state index is 0.246. The molecule has 0 aliphatic heterocycles. The van der Waals surface area contributed by atoms with Crippen molar-refractivity contribution in [1.29, 1.82) is 0 Å². The molecule has 0 radical (unpaired) electrons. The summed E-state index contributed by atoms with van der Waals surface area (Å²) >= 11 is 6.07. The van der Waals surface area contributed by atoms with Gasteiger partial charge in [0.25, 0.3) is 5.89 Å². The highest BCUT2D eigenvalue weighted by Crippen LogP contribution is 2.29. The number of benzene rings is 1. The maximum atomic E-state index is 12.8. The number of nitrogens with two attached hydrogens (primary N) is 1. The molecule has 0 bridgehead atoms. The smallest absolute Gasteiger partial charge is 0.259 e. The van der Waals surface area contributed by atoms with Crippen LogP contribution in [0, 0.1) is 5.82 Å².